The van der Waals surface area contributed by atoms with Crippen molar-refractivity contribution in [3.8, 4) is 0 Å². The van der Waals surface area contributed by atoms with Gasteiger partial charge in [-0.2, -0.15) is 0 Å². The van der Waals surface area contributed by atoms with Crippen molar-refractivity contribution < 1.29 is 9.53 Å². The van der Waals surface area contributed by atoms with Gasteiger partial charge in [0, 0.05) is 13.0 Å². The van der Waals surface area contributed by atoms with E-state index in [1.807, 2.05) is 11.5 Å². The SMILES string of the molecule is CC(OC1CCCCCC1)C(=O)Nc1nnc2n1CCCC2. The highest BCUT2D eigenvalue weighted by molar-refractivity contribution is 5.92. The Morgan fingerprint density at radius 2 is 1.95 bits per heavy atom. The van der Waals surface area contributed by atoms with Crippen molar-refractivity contribution in [1.82, 2.24) is 14.8 Å². The summed E-state index contributed by atoms with van der Waals surface area (Å²) >= 11 is 0. The summed E-state index contributed by atoms with van der Waals surface area (Å²) in [4.78, 5) is 12.3. The number of amides is 1. The number of nitrogens with one attached hydrogen (secondary N) is 1. The van der Waals surface area contributed by atoms with E-state index in [1.54, 1.807) is 0 Å². The molecule has 6 nitrogen and oxygen atoms in total. The summed E-state index contributed by atoms with van der Waals surface area (Å²) in [6, 6.07) is 0. The van der Waals surface area contributed by atoms with E-state index in [9.17, 15) is 4.79 Å². The third-order valence-electron chi connectivity index (χ3n) is 4.66. The summed E-state index contributed by atoms with van der Waals surface area (Å²) in [5.41, 5.74) is 0. The second-order valence-electron chi connectivity index (χ2n) is 6.43. The van der Waals surface area contributed by atoms with Gasteiger partial charge in [0.1, 0.15) is 11.9 Å². The van der Waals surface area contributed by atoms with Gasteiger partial charge in [0.05, 0.1) is 6.10 Å². The molecule has 3 rings (SSSR count). The lowest BCUT2D eigenvalue weighted by atomic mass is 10.1. The van der Waals surface area contributed by atoms with Crippen molar-refractivity contribution >= 4 is 11.9 Å². The number of carbonyl (C=O) groups excluding carboxylic acids is 1. The van der Waals surface area contributed by atoms with E-state index in [0.29, 0.717) is 5.95 Å². The van der Waals surface area contributed by atoms with Gasteiger partial charge in [-0.05, 0) is 32.6 Å². The van der Waals surface area contributed by atoms with E-state index in [-0.39, 0.29) is 12.0 Å². The van der Waals surface area contributed by atoms with E-state index >= 15 is 0 Å². The molecule has 0 aromatic carbocycles. The molecule has 2 heterocycles. The van der Waals surface area contributed by atoms with Crippen LogP contribution in [0.5, 0.6) is 0 Å². The monoisotopic (exact) mass is 306 g/mol. The van der Waals surface area contributed by atoms with E-state index in [4.69, 9.17) is 4.74 Å². The molecule has 1 fully saturated rings. The quantitative estimate of drug-likeness (QED) is 0.868. The van der Waals surface area contributed by atoms with Gasteiger partial charge in [0.2, 0.25) is 5.95 Å². The number of fused-ring (bicyclic) bond motifs is 1. The summed E-state index contributed by atoms with van der Waals surface area (Å²) in [7, 11) is 0. The number of hydrogen-bond donors (Lipinski definition) is 1. The van der Waals surface area contributed by atoms with Gasteiger partial charge in [0.15, 0.2) is 0 Å². The third kappa shape index (κ3) is 3.66. The average molecular weight is 306 g/mol. The van der Waals surface area contributed by atoms with Crippen LogP contribution in [0.4, 0.5) is 5.95 Å². The number of nitrogens with zero attached hydrogens (tertiary/aromatic N) is 3. The Morgan fingerprint density at radius 3 is 2.73 bits per heavy atom. The van der Waals surface area contributed by atoms with E-state index in [2.05, 4.69) is 15.5 Å². The highest BCUT2D eigenvalue weighted by atomic mass is 16.5. The lowest BCUT2D eigenvalue weighted by molar-refractivity contribution is -0.130. The lowest BCUT2D eigenvalue weighted by Crippen LogP contribution is -2.32. The van der Waals surface area contributed by atoms with Crippen LogP contribution in [-0.4, -0.2) is 32.9 Å². The number of hydrogen-bond acceptors (Lipinski definition) is 4. The fraction of sp³-hybridized carbons (Fsp3) is 0.812. The molecule has 22 heavy (non-hydrogen) atoms. The minimum atomic E-state index is -0.445. The van der Waals surface area contributed by atoms with Crippen LogP contribution in [0.3, 0.4) is 0 Å². The standard InChI is InChI=1S/C16H26N4O2/c1-12(22-13-8-4-2-3-5-9-13)15(21)17-16-19-18-14-10-6-7-11-20(14)16/h12-13H,2-11H2,1H3,(H,17,19,21). The maximum atomic E-state index is 12.3. The minimum absolute atomic E-state index is 0.120. The van der Waals surface area contributed by atoms with Crippen LogP contribution in [0, 0.1) is 0 Å². The average Bonchev–Trinajstić information content (AvgIpc) is 2.75. The number of aromatic nitrogens is 3. The minimum Gasteiger partial charge on any atom is -0.365 e. The van der Waals surface area contributed by atoms with Gasteiger partial charge in [-0.15, -0.1) is 10.2 Å². The van der Waals surface area contributed by atoms with Crippen LogP contribution >= 0.6 is 0 Å². The Hall–Kier alpha value is -1.43. The van der Waals surface area contributed by atoms with Crippen molar-refractivity contribution in [1.29, 1.82) is 0 Å². The Morgan fingerprint density at radius 1 is 1.18 bits per heavy atom. The molecule has 1 aliphatic carbocycles. The Balaban J connectivity index is 1.55. The highest BCUT2D eigenvalue weighted by Gasteiger charge is 2.23. The Kier molecular flexibility index (Phi) is 5.08. The highest BCUT2D eigenvalue weighted by Crippen LogP contribution is 2.22. The molecule has 1 aromatic rings. The zero-order chi connectivity index (χ0) is 15.4. The molecular formula is C16H26N4O2. The van der Waals surface area contributed by atoms with Gasteiger partial charge in [-0.1, -0.05) is 25.7 Å². The molecule has 0 saturated heterocycles. The number of aryl methyl sites for hydroxylation is 1. The first kappa shape index (κ1) is 15.5. The van der Waals surface area contributed by atoms with Crippen LogP contribution < -0.4 is 5.32 Å². The number of carbonyl (C=O) groups is 1. The summed E-state index contributed by atoms with van der Waals surface area (Å²) < 4.78 is 7.97. The predicted molar refractivity (Wildman–Crippen MR) is 83.6 cm³/mol. The van der Waals surface area contributed by atoms with E-state index < -0.39 is 6.10 Å². The molecule has 0 radical (unpaired) electrons. The van der Waals surface area contributed by atoms with Gasteiger partial charge in [-0.25, -0.2) is 0 Å². The summed E-state index contributed by atoms with van der Waals surface area (Å²) in [6.45, 7) is 2.71. The predicted octanol–water partition coefficient (Wildman–Crippen LogP) is 2.68. The fourth-order valence-electron chi connectivity index (χ4n) is 3.34. The first-order chi connectivity index (χ1) is 10.7. The normalized spacial score (nSPS) is 21.0. The van der Waals surface area contributed by atoms with E-state index in [0.717, 1.165) is 44.5 Å². The smallest absolute Gasteiger partial charge is 0.255 e. The molecule has 2 aliphatic rings. The van der Waals surface area contributed by atoms with E-state index in [1.165, 1.54) is 25.7 Å². The van der Waals surface area contributed by atoms with Crippen molar-refractivity contribution in [2.45, 2.75) is 83.5 Å². The fourth-order valence-corrected chi connectivity index (χ4v) is 3.34. The number of ether oxygens (including phenoxy) is 1. The van der Waals surface area contributed by atoms with Crippen LogP contribution in [0.2, 0.25) is 0 Å². The van der Waals surface area contributed by atoms with Gasteiger partial charge in [-0.3, -0.25) is 14.7 Å². The van der Waals surface area contributed by atoms with Gasteiger partial charge in [0.25, 0.3) is 5.91 Å². The van der Waals surface area contributed by atoms with Crippen molar-refractivity contribution in [2.75, 3.05) is 5.32 Å². The van der Waals surface area contributed by atoms with Crippen LogP contribution in [-0.2, 0) is 22.5 Å². The molecule has 1 atom stereocenters. The van der Waals surface area contributed by atoms with Gasteiger partial charge >= 0.3 is 0 Å². The second kappa shape index (κ2) is 7.22. The molecule has 1 saturated carbocycles. The Bertz CT molecular complexity index is 506. The molecule has 1 aliphatic heterocycles. The summed E-state index contributed by atoms with van der Waals surface area (Å²) in [5, 5.41) is 11.1. The molecule has 1 unspecified atom stereocenters. The zero-order valence-electron chi connectivity index (χ0n) is 13.4. The summed E-state index contributed by atoms with van der Waals surface area (Å²) in [6.07, 6.45) is 10.1. The van der Waals surface area contributed by atoms with Crippen molar-refractivity contribution in [3.05, 3.63) is 5.82 Å². The summed E-state index contributed by atoms with van der Waals surface area (Å²) in [5.74, 6) is 1.42. The maximum Gasteiger partial charge on any atom is 0.255 e. The van der Waals surface area contributed by atoms with Gasteiger partial charge < -0.3 is 4.74 Å². The lowest BCUT2D eigenvalue weighted by Gasteiger charge is -2.21. The van der Waals surface area contributed by atoms with Crippen molar-refractivity contribution in [3.63, 3.8) is 0 Å². The second-order valence-corrected chi connectivity index (χ2v) is 6.43. The number of anilines is 1. The maximum absolute atomic E-state index is 12.3. The largest absolute Gasteiger partial charge is 0.365 e. The molecule has 1 amide bonds. The zero-order valence-corrected chi connectivity index (χ0v) is 13.4. The number of rotatable bonds is 4. The first-order valence-corrected chi connectivity index (χ1v) is 8.62. The molecular weight excluding hydrogens is 280 g/mol. The molecule has 6 heteroatoms. The molecule has 0 spiro atoms. The van der Waals surface area contributed by atoms with Crippen LogP contribution in [0.25, 0.3) is 0 Å². The first-order valence-electron chi connectivity index (χ1n) is 8.62. The topological polar surface area (TPSA) is 69.0 Å². The Labute approximate surface area is 131 Å². The van der Waals surface area contributed by atoms with Crippen LogP contribution in [0.1, 0.15) is 64.1 Å². The van der Waals surface area contributed by atoms with Crippen LogP contribution in [0.15, 0.2) is 0 Å². The molecule has 122 valence electrons. The molecule has 1 aromatic heterocycles. The third-order valence-corrected chi connectivity index (χ3v) is 4.66. The van der Waals surface area contributed by atoms with Crippen molar-refractivity contribution in [2.24, 2.45) is 0 Å². The molecule has 0 bridgehead atoms. The molecule has 1 N–H and O–H groups in total.